The summed E-state index contributed by atoms with van der Waals surface area (Å²) >= 11 is 0. The van der Waals surface area contributed by atoms with Crippen LogP contribution in [0.25, 0.3) is 5.57 Å². The van der Waals surface area contributed by atoms with E-state index in [0.29, 0.717) is 5.92 Å². The number of allylic oxidation sites excluding steroid dienone is 12. The Morgan fingerprint density at radius 1 is 1.08 bits per heavy atom. The van der Waals surface area contributed by atoms with E-state index in [4.69, 9.17) is 0 Å². The van der Waals surface area contributed by atoms with Gasteiger partial charge in [-0.15, -0.1) is 0 Å². The van der Waals surface area contributed by atoms with E-state index in [2.05, 4.69) is 67.6 Å². The lowest BCUT2D eigenvalue weighted by molar-refractivity contribution is -0.113. The first-order valence-corrected chi connectivity index (χ1v) is 9.40. The second-order valence-corrected chi connectivity index (χ2v) is 7.41. The summed E-state index contributed by atoms with van der Waals surface area (Å²) in [5.41, 5.74) is 8.90. The summed E-state index contributed by atoms with van der Waals surface area (Å²) in [6.45, 7) is 3.86. The summed E-state index contributed by atoms with van der Waals surface area (Å²) in [7, 11) is 0. The minimum atomic E-state index is 0.171. The molecular formula is C25H24O. The van der Waals surface area contributed by atoms with Gasteiger partial charge >= 0.3 is 0 Å². The number of ketones is 1. The fraction of sp³-hybridized carbons (Fsp3) is 0.240. The standard InChI is InChI=1S/C25H24O/c1-17-3-6-23(15-17)21-7-4-19(5-8-21)16-24-12-11-22-10-9-20(18(2)26)13-14-25(22)24/h3-10,12,14-15,17H,11,13,16H2,1-2H3. The maximum Gasteiger partial charge on any atom is 0.156 e. The Bertz CT molecular complexity index is 927. The van der Waals surface area contributed by atoms with Crippen molar-refractivity contribution in [3.63, 3.8) is 0 Å². The zero-order valence-electron chi connectivity index (χ0n) is 15.5. The minimum absolute atomic E-state index is 0.171. The molecule has 26 heavy (non-hydrogen) atoms. The van der Waals surface area contributed by atoms with Gasteiger partial charge in [0.1, 0.15) is 0 Å². The van der Waals surface area contributed by atoms with E-state index in [1.807, 2.05) is 6.08 Å². The van der Waals surface area contributed by atoms with Crippen molar-refractivity contribution in [2.75, 3.05) is 0 Å². The molecule has 1 atom stereocenters. The lowest BCUT2D eigenvalue weighted by Gasteiger charge is -2.09. The predicted molar refractivity (Wildman–Crippen MR) is 109 cm³/mol. The molecule has 3 aliphatic rings. The Hall–Kier alpha value is -2.67. The van der Waals surface area contributed by atoms with E-state index in [0.717, 1.165) is 24.8 Å². The van der Waals surface area contributed by atoms with Crippen molar-refractivity contribution in [1.29, 1.82) is 0 Å². The van der Waals surface area contributed by atoms with Crippen LogP contribution in [0.1, 0.15) is 37.8 Å². The number of hydrogen-bond donors (Lipinski definition) is 0. The summed E-state index contributed by atoms with van der Waals surface area (Å²) in [5.74, 6) is 0.707. The van der Waals surface area contributed by atoms with E-state index >= 15 is 0 Å². The van der Waals surface area contributed by atoms with Gasteiger partial charge in [-0.3, -0.25) is 4.79 Å². The third-order valence-electron chi connectivity index (χ3n) is 5.43. The highest BCUT2D eigenvalue weighted by atomic mass is 16.1. The van der Waals surface area contributed by atoms with Gasteiger partial charge in [0.05, 0.1) is 0 Å². The maximum atomic E-state index is 11.7. The maximum absolute atomic E-state index is 11.7. The summed E-state index contributed by atoms with van der Waals surface area (Å²) in [6.07, 6.45) is 18.1. The summed E-state index contributed by atoms with van der Waals surface area (Å²) < 4.78 is 0. The molecule has 0 aromatic heterocycles. The molecule has 0 saturated carbocycles. The van der Waals surface area contributed by atoms with Gasteiger partial charge in [0.15, 0.2) is 5.78 Å². The zero-order valence-corrected chi connectivity index (χ0v) is 15.5. The first kappa shape index (κ1) is 16.8. The monoisotopic (exact) mass is 340 g/mol. The fourth-order valence-electron chi connectivity index (χ4n) is 3.87. The van der Waals surface area contributed by atoms with Gasteiger partial charge in [-0.1, -0.05) is 73.7 Å². The molecule has 0 saturated heterocycles. The molecule has 1 heteroatoms. The van der Waals surface area contributed by atoms with Crippen LogP contribution in [0.15, 0.2) is 89.1 Å². The highest BCUT2D eigenvalue weighted by molar-refractivity contribution is 5.94. The Morgan fingerprint density at radius 3 is 2.58 bits per heavy atom. The number of carbonyl (C=O) groups is 1. The van der Waals surface area contributed by atoms with Gasteiger partial charge < -0.3 is 0 Å². The zero-order chi connectivity index (χ0) is 18.1. The van der Waals surface area contributed by atoms with Crippen LogP contribution in [0.2, 0.25) is 0 Å². The Kier molecular flexibility index (Phi) is 4.46. The van der Waals surface area contributed by atoms with Gasteiger partial charge in [-0.25, -0.2) is 0 Å². The summed E-state index contributed by atoms with van der Waals surface area (Å²) in [6, 6.07) is 8.94. The Morgan fingerprint density at radius 2 is 1.88 bits per heavy atom. The van der Waals surface area contributed by atoms with Crippen molar-refractivity contribution in [3.05, 3.63) is 100 Å². The number of carbonyl (C=O) groups excluding carboxylic acids is 1. The van der Waals surface area contributed by atoms with Crippen molar-refractivity contribution in [3.8, 4) is 0 Å². The van der Waals surface area contributed by atoms with Crippen molar-refractivity contribution >= 4 is 11.4 Å². The van der Waals surface area contributed by atoms with E-state index in [-0.39, 0.29) is 5.78 Å². The Balaban J connectivity index is 1.49. The van der Waals surface area contributed by atoms with Gasteiger partial charge in [-0.2, -0.15) is 0 Å². The van der Waals surface area contributed by atoms with Gasteiger partial charge in [-0.05, 0) is 71.1 Å². The molecule has 0 spiro atoms. The number of benzene rings is 1. The molecule has 130 valence electrons. The summed E-state index contributed by atoms with van der Waals surface area (Å²) in [5, 5.41) is 0. The van der Waals surface area contributed by atoms with Crippen LogP contribution >= 0.6 is 0 Å². The highest BCUT2D eigenvalue weighted by Crippen LogP contribution is 2.35. The number of rotatable bonds is 4. The molecule has 1 aromatic carbocycles. The van der Waals surface area contributed by atoms with Gasteiger partial charge in [0.25, 0.3) is 0 Å². The van der Waals surface area contributed by atoms with E-state index < -0.39 is 0 Å². The van der Waals surface area contributed by atoms with E-state index in [1.165, 1.54) is 33.4 Å². The van der Waals surface area contributed by atoms with Crippen molar-refractivity contribution in [1.82, 2.24) is 0 Å². The fourth-order valence-corrected chi connectivity index (χ4v) is 3.87. The van der Waals surface area contributed by atoms with Crippen LogP contribution in [0, 0.1) is 5.92 Å². The molecule has 0 N–H and O–H groups in total. The molecule has 0 amide bonds. The average Bonchev–Trinajstić information content (AvgIpc) is 3.15. The molecule has 0 fully saturated rings. The molecule has 0 aliphatic heterocycles. The molecule has 1 nitrogen and oxygen atoms in total. The molecule has 0 radical (unpaired) electrons. The predicted octanol–water partition coefficient (Wildman–Crippen LogP) is 5.92. The van der Waals surface area contributed by atoms with E-state index in [9.17, 15) is 4.79 Å². The number of Topliss-reactive ketones (excluding diaryl/α,β-unsaturated/α-hetero) is 1. The normalized spacial score (nSPS) is 21.3. The SMILES string of the molecule is CC(=O)C1=CC=C2CC=C(Cc3ccc(C4=CC(C)C=C4)cc3)C2=CC1. The first-order valence-electron chi connectivity index (χ1n) is 9.40. The minimum Gasteiger partial charge on any atom is -0.295 e. The topological polar surface area (TPSA) is 17.1 Å². The third kappa shape index (κ3) is 3.35. The Labute approximate surface area is 155 Å². The van der Waals surface area contributed by atoms with Crippen LogP contribution in [-0.2, 0) is 11.2 Å². The number of fused-ring (bicyclic) bond motifs is 1. The summed E-state index contributed by atoms with van der Waals surface area (Å²) in [4.78, 5) is 11.7. The number of hydrogen-bond acceptors (Lipinski definition) is 1. The molecule has 1 unspecified atom stereocenters. The molecule has 1 aromatic rings. The van der Waals surface area contributed by atoms with Crippen molar-refractivity contribution in [2.24, 2.45) is 5.92 Å². The largest absolute Gasteiger partial charge is 0.295 e. The van der Waals surface area contributed by atoms with Crippen molar-refractivity contribution in [2.45, 2.75) is 33.1 Å². The second-order valence-electron chi connectivity index (χ2n) is 7.41. The first-order chi connectivity index (χ1) is 12.6. The smallest absolute Gasteiger partial charge is 0.156 e. The average molecular weight is 340 g/mol. The highest BCUT2D eigenvalue weighted by Gasteiger charge is 2.19. The lowest BCUT2D eigenvalue weighted by atomic mass is 9.96. The second kappa shape index (κ2) is 6.92. The van der Waals surface area contributed by atoms with Crippen LogP contribution in [0.5, 0.6) is 0 Å². The molecule has 4 rings (SSSR count). The van der Waals surface area contributed by atoms with Crippen LogP contribution in [0.4, 0.5) is 0 Å². The van der Waals surface area contributed by atoms with E-state index in [1.54, 1.807) is 6.92 Å². The van der Waals surface area contributed by atoms with Crippen LogP contribution < -0.4 is 0 Å². The molecule has 0 heterocycles. The quantitative estimate of drug-likeness (QED) is 0.665. The van der Waals surface area contributed by atoms with Gasteiger partial charge in [0, 0.05) is 0 Å². The van der Waals surface area contributed by atoms with Gasteiger partial charge in [0.2, 0.25) is 0 Å². The molecular weight excluding hydrogens is 316 g/mol. The third-order valence-corrected chi connectivity index (χ3v) is 5.43. The van der Waals surface area contributed by atoms with Crippen molar-refractivity contribution < 1.29 is 4.79 Å². The van der Waals surface area contributed by atoms with Crippen LogP contribution in [0.3, 0.4) is 0 Å². The lowest BCUT2D eigenvalue weighted by Crippen LogP contribution is -1.95. The molecule has 3 aliphatic carbocycles. The van der Waals surface area contributed by atoms with Crippen LogP contribution in [-0.4, -0.2) is 5.78 Å². The molecule has 0 bridgehead atoms.